The van der Waals surface area contributed by atoms with E-state index in [1.807, 2.05) is 84.9 Å². The van der Waals surface area contributed by atoms with Crippen LogP contribution in [0.5, 0.6) is 0 Å². The molecule has 6 heteroatoms. The zero-order valence-electron chi connectivity index (χ0n) is 16.2. The van der Waals surface area contributed by atoms with E-state index in [1.54, 1.807) is 12.1 Å². The number of nitrogens with one attached hydrogen (secondary N) is 3. The van der Waals surface area contributed by atoms with E-state index in [0.29, 0.717) is 5.69 Å². The number of nitroso groups, excluding NO2 is 1. The van der Waals surface area contributed by atoms with Crippen molar-refractivity contribution in [3.63, 3.8) is 0 Å². The van der Waals surface area contributed by atoms with E-state index in [9.17, 15) is 4.91 Å². The predicted molar refractivity (Wildman–Crippen MR) is 125 cm³/mol. The second-order valence-corrected chi connectivity index (χ2v) is 6.79. The molecule has 0 aliphatic heterocycles. The number of anilines is 7. The zero-order valence-corrected chi connectivity index (χ0v) is 16.2. The van der Waals surface area contributed by atoms with Crippen LogP contribution in [-0.4, -0.2) is 0 Å². The van der Waals surface area contributed by atoms with Crippen molar-refractivity contribution >= 4 is 45.5 Å². The molecule has 0 bridgehead atoms. The molecule has 4 aromatic carbocycles. The summed E-state index contributed by atoms with van der Waals surface area (Å²) < 4.78 is 0. The highest BCUT2D eigenvalue weighted by Crippen LogP contribution is 2.25. The van der Waals surface area contributed by atoms with Crippen LogP contribution in [0.1, 0.15) is 0 Å². The summed E-state index contributed by atoms with van der Waals surface area (Å²) in [6.07, 6.45) is 0. The first-order valence-corrected chi connectivity index (χ1v) is 9.48. The molecule has 0 unspecified atom stereocenters. The number of nitrogens with two attached hydrogens (primary N) is 1. The Kier molecular flexibility index (Phi) is 5.57. The van der Waals surface area contributed by atoms with Crippen molar-refractivity contribution in [2.75, 3.05) is 21.7 Å². The fraction of sp³-hybridized carbons (Fsp3) is 0. The molecule has 0 saturated heterocycles. The van der Waals surface area contributed by atoms with Crippen LogP contribution in [0.15, 0.2) is 102 Å². The maximum Gasteiger partial charge on any atom is 0.108 e. The van der Waals surface area contributed by atoms with Crippen LogP contribution in [-0.2, 0) is 0 Å². The predicted octanol–water partition coefficient (Wildman–Crippen LogP) is 6.90. The van der Waals surface area contributed by atoms with Gasteiger partial charge in [0.25, 0.3) is 0 Å². The first-order valence-electron chi connectivity index (χ1n) is 9.48. The molecule has 0 fully saturated rings. The van der Waals surface area contributed by atoms with E-state index in [4.69, 9.17) is 5.73 Å². The molecule has 148 valence electrons. The number of hydrogen-bond donors (Lipinski definition) is 4. The van der Waals surface area contributed by atoms with Gasteiger partial charge in [0.15, 0.2) is 0 Å². The molecule has 0 amide bonds. The summed E-state index contributed by atoms with van der Waals surface area (Å²) in [5.74, 6) is 0. The van der Waals surface area contributed by atoms with E-state index in [1.165, 1.54) is 0 Å². The monoisotopic (exact) mass is 395 g/mol. The van der Waals surface area contributed by atoms with E-state index < -0.39 is 0 Å². The van der Waals surface area contributed by atoms with Crippen molar-refractivity contribution < 1.29 is 0 Å². The summed E-state index contributed by atoms with van der Waals surface area (Å²) >= 11 is 0. The summed E-state index contributed by atoms with van der Waals surface area (Å²) in [6.45, 7) is 0. The van der Waals surface area contributed by atoms with Crippen molar-refractivity contribution in [1.29, 1.82) is 0 Å². The average molecular weight is 395 g/mol. The molecule has 0 atom stereocenters. The molecule has 4 rings (SSSR count). The van der Waals surface area contributed by atoms with Gasteiger partial charge in [-0.1, -0.05) is 0 Å². The van der Waals surface area contributed by atoms with E-state index in [0.717, 1.165) is 39.8 Å². The van der Waals surface area contributed by atoms with Crippen molar-refractivity contribution in [1.82, 2.24) is 0 Å². The number of benzene rings is 4. The minimum Gasteiger partial charge on any atom is -0.399 e. The van der Waals surface area contributed by atoms with Crippen molar-refractivity contribution in [3.05, 3.63) is 102 Å². The van der Waals surface area contributed by atoms with E-state index in [-0.39, 0.29) is 0 Å². The Labute approximate surface area is 174 Å². The molecule has 0 radical (unpaired) electrons. The maximum atomic E-state index is 10.5. The molecule has 6 nitrogen and oxygen atoms in total. The van der Waals surface area contributed by atoms with E-state index in [2.05, 4.69) is 21.1 Å². The molecule has 0 aromatic heterocycles. The Bertz CT molecular complexity index is 1110. The lowest BCUT2D eigenvalue weighted by Crippen LogP contribution is -1.94. The Morgan fingerprint density at radius 1 is 0.467 bits per heavy atom. The summed E-state index contributed by atoms with van der Waals surface area (Å²) in [6, 6.07) is 30.7. The molecule has 0 spiro atoms. The quantitative estimate of drug-likeness (QED) is 0.202. The number of hydrogen-bond acceptors (Lipinski definition) is 6. The molecule has 0 aliphatic rings. The summed E-state index contributed by atoms with van der Waals surface area (Å²) in [5, 5.41) is 12.9. The van der Waals surface area contributed by atoms with Gasteiger partial charge >= 0.3 is 0 Å². The standard InChI is InChI=1S/C24H21N5O/c25-17-1-3-18(4-2-17)26-19-5-7-20(8-6-19)27-21-9-11-22(12-10-21)28-23-13-15-24(29-30)16-14-23/h1-16,26-28H,25H2. The smallest absolute Gasteiger partial charge is 0.108 e. The number of rotatable bonds is 7. The maximum absolute atomic E-state index is 10.5. The SMILES string of the molecule is Nc1ccc(Nc2ccc(Nc3ccc(Nc4ccc(N=O)cc4)cc3)cc2)cc1. The molecule has 0 heterocycles. The fourth-order valence-corrected chi connectivity index (χ4v) is 2.95. The highest BCUT2D eigenvalue weighted by Gasteiger charge is 2.00. The van der Waals surface area contributed by atoms with Crippen molar-refractivity contribution in [2.24, 2.45) is 5.18 Å². The van der Waals surface area contributed by atoms with Gasteiger partial charge in [-0.25, -0.2) is 0 Å². The molecule has 0 saturated carbocycles. The molecule has 30 heavy (non-hydrogen) atoms. The van der Waals surface area contributed by atoms with Crippen molar-refractivity contribution in [3.8, 4) is 0 Å². The van der Waals surface area contributed by atoms with Gasteiger partial charge in [-0.3, -0.25) is 0 Å². The zero-order chi connectivity index (χ0) is 20.8. The first kappa shape index (κ1) is 19.0. The van der Waals surface area contributed by atoms with Crippen LogP contribution in [0, 0.1) is 4.91 Å². The number of nitrogens with zero attached hydrogens (tertiary/aromatic N) is 1. The first-order chi connectivity index (χ1) is 14.7. The Balaban J connectivity index is 1.35. The molecule has 0 aliphatic carbocycles. The van der Waals surface area contributed by atoms with Gasteiger partial charge in [-0.2, -0.15) is 0 Å². The van der Waals surface area contributed by atoms with Crippen molar-refractivity contribution in [2.45, 2.75) is 0 Å². The van der Waals surface area contributed by atoms with Gasteiger partial charge in [0.1, 0.15) is 5.69 Å². The van der Waals surface area contributed by atoms with Crippen LogP contribution < -0.4 is 21.7 Å². The topological polar surface area (TPSA) is 91.5 Å². The van der Waals surface area contributed by atoms with Gasteiger partial charge < -0.3 is 21.7 Å². The third-order valence-electron chi connectivity index (χ3n) is 4.52. The Morgan fingerprint density at radius 2 is 0.733 bits per heavy atom. The second kappa shape index (κ2) is 8.79. The minimum absolute atomic E-state index is 0.412. The summed E-state index contributed by atoms with van der Waals surface area (Å²) in [5.41, 5.74) is 12.7. The largest absolute Gasteiger partial charge is 0.399 e. The Hall–Kier alpha value is -4.32. The molecular weight excluding hydrogens is 374 g/mol. The van der Waals surface area contributed by atoms with Crippen LogP contribution in [0.3, 0.4) is 0 Å². The Morgan fingerprint density at radius 3 is 1.03 bits per heavy atom. The second-order valence-electron chi connectivity index (χ2n) is 6.79. The summed E-state index contributed by atoms with van der Waals surface area (Å²) in [4.78, 5) is 10.5. The van der Waals surface area contributed by atoms with Crippen LogP contribution in [0.4, 0.5) is 45.5 Å². The van der Waals surface area contributed by atoms with E-state index >= 15 is 0 Å². The molecule has 5 N–H and O–H groups in total. The van der Waals surface area contributed by atoms with Gasteiger partial charge in [-0.15, -0.1) is 4.91 Å². The molecular formula is C24H21N5O. The lowest BCUT2D eigenvalue weighted by Gasteiger charge is -2.11. The van der Waals surface area contributed by atoms with Crippen LogP contribution in [0.25, 0.3) is 0 Å². The third kappa shape index (κ3) is 4.94. The van der Waals surface area contributed by atoms with Gasteiger partial charge in [0.2, 0.25) is 0 Å². The average Bonchev–Trinajstić information content (AvgIpc) is 2.78. The molecule has 4 aromatic rings. The third-order valence-corrected chi connectivity index (χ3v) is 4.52. The van der Waals surface area contributed by atoms with Crippen LogP contribution in [0.2, 0.25) is 0 Å². The van der Waals surface area contributed by atoms with Gasteiger partial charge in [0.05, 0.1) is 0 Å². The minimum atomic E-state index is 0.412. The normalized spacial score (nSPS) is 10.3. The lowest BCUT2D eigenvalue weighted by atomic mass is 10.2. The fourth-order valence-electron chi connectivity index (χ4n) is 2.95. The summed E-state index contributed by atoms with van der Waals surface area (Å²) in [7, 11) is 0. The van der Waals surface area contributed by atoms with Crippen LogP contribution >= 0.6 is 0 Å². The van der Waals surface area contributed by atoms with Gasteiger partial charge in [-0.05, 0) is 102 Å². The lowest BCUT2D eigenvalue weighted by molar-refractivity contribution is 1.47. The highest BCUT2D eigenvalue weighted by molar-refractivity contribution is 5.69. The van der Waals surface area contributed by atoms with Gasteiger partial charge in [0, 0.05) is 39.8 Å². The number of nitrogen functional groups attached to an aromatic ring is 1. The highest BCUT2D eigenvalue weighted by atomic mass is 16.3.